The van der Waals surface area contributed by atoms with Crippen molar-refractivity contribution in [3.8, 4) is 0 Å². The average Bonchev–Trinajstić information content (AvgIpc) is 2.51. The first-order chi connectivity index (χ1) is 6.33. The molecule has 0 aliphatic heterocycles. The van der Waals surface area contributed by atoms with Crippen LogP contribution in [0, 0.1) is 0 Å². The van der Waals surface area contributed by atoms with Gasteiger partial charge < -0.3 is 10.8 Å². The lowest BCUT2D eigenvalue weighted by molar-refractivity contribution is 0.266. The maximum absolute atomic E-state index is 8.81. The molecule has 4 nitrogen and oxygen atoms in total. The molecule has 0 bridgehead atoms. The van der Waals surface area contributed by atoms with Crippen molar-refractivity contribution in [1.29, 1.82) is 0 Å². The summed E-state index contributed by atoms with van der Waals surface area (Å²) in [5.41, 5.74) is 8.32. The number of fused-ring (bicyclic) bond motifs is 1. The fourth-order valence-electron chi connectivity index (χ4n) is 1.94. The largest absolute Gasteiger partial charge is 0.394 e. The zero-order valence-electron chi connectivity index (χ0n) is 7.61. The van der Waals surface area contributed by atoms with Crippen LogP contribution < -0.4 is 5.73 Å². The molecule has 3 N–H and O–H groups in total. The monoisotopic (exact) mass is 181 g/mol. The van der Waals surface area contributed by atoms with Crippen molar-refractivity contribution in [2.75, 3.05) is 6.61 Å². The van der Waals surface area contributed by atoms with Gasteiger partial charge in [-0.25, -0.2) is 0 Å². The van der Waals surface area contributed by atoms with Gasteiger partial charge in [-0.3, -0.25) is 4.68 Å². The topological polar surface area (TPSA) is 64.1 Å². The minimum Gasteiger partial charge on any atom is -0.394 e. The van der Waals surface area contributed by atoms with E-state index in [1.807, 2.05) is 10.9 Å². The van der Waals surface area contributed by atoms with E-state index in [4.69, 9.17) is 10.8 Å². The van der Waals surface area contributed by atoms with E-state index in [1.165, 1.54) is 11.3 Å². The minimum absolute atomic E-state index is 0.142. The van der Waals surface area contributed by atoms with Gasteiger partial charge in [-0.2, -0.15) is 5.10 Å². The third-order valence-corrected chi connectivity index (χ3v) is 2.62. The second kappa shape index (κ2) is 3.47. The zero-order chi connectivity index (χ0) is 9.26. The molecule has 0 saturated heterocycles. The summed E-state index contributed by atoms with van der Waals surface area (Å²) >= 11 is 0. The van der Waals surface area contributed by atoms with Crippen LogP contribution in [0.2, 0.25) is 0 Å². The fourth-order valence-corrected chi connectivity index (χ4v) is 1.94. The lowest BCUT2D eigenvalue weighted by Gasteiger charge is -2.19. The average molecular weight is 181 g/mol. The Hall–Kier alpha value is -0.870. The Morgan fingerprint density at radius 1 is 1.69 bits per heavy atom. The van der Waals surface area contributed by atoms with Gasteiger partial charge in [-0.15, -0.1) is 0 Å². The molecule has 13 heavy (non-hydrogen) atoms. The van der Waals surface area contributed by atoms with Gasteiger partial charge in [0.1, 0.15) is 0 Å². The van der Waals surface area contributed by atoms with Gasteiger partial charge in [-0.05, 0) is 19.3 Å². The molecule has 1 aromatic heterocycles. The van der Waals surface area contributed by atoms with Crippen molar-refractivity contribution < 1.29 is 5.11 Å². The molecule has 1 aliphatic carbocycles. The van der Waals surface area contributed by atoms with Gasteiger partial charge in [0, 0.05) is 17.3 Å². The van der Waals surface area contributed by atoms with E-state index >= 15 is 0 Å². The Bertz CT molecular complexity index is 295. The van der Waals surface area contributed by atoms with Crippen LogP contribution in [0.1, 0.15) is 30.1 Å². The predicted molar refractivity (Wildman–Crippen MR) is 49.2 cm³/mol. The minimum atomic E-state index is 0.142. The van der Waals surface area contributed by atoms with Gasteiger partial charge in [0.25, 0.3) is 0 Å². The zero-order valence-corrected chi connectivity index (χ0v) is 7.61. The van der Waals surface area contributed by atoms with E-state index in [2.05, 4.69) is 5.10 Å². The molecule has 0 radical (unpaired) electrons. The number of nitrogens with two attached hydrogens (primary N) is 1. The SMILES string of the molecule is N[C@@H]1CCCc2c1cnn2CCO. The van der Waals surface area contributed by atoms with Gasteiger partial charge in [0.05, 0.1) is 19.3 Å². The number of aliphatic hydroxyl groups excluding tert-OH is 1. The standard InChI is InChI=1S/C9H15N3O/c10-8-2-1-3-9-7(8)6-11-12(9)4-5-13/h6,8,13H,1-5,10H2/t8-/m1/s1. The molecule has 1 aliphatic rings. The van der Waals surface area contributed by atoms with Gasteiger partial charge in [-0.1, -0.05) is 0 Å². The van der Waals surface area contributed by atoms with Gasteiger partial charge >= 0.3 is 0 Å². The Kier molecular flexibility index (Phi) is 2.33. The molecule has 4 heteroatoms. The number of nitrogens with zero attached hydrogens (tertiary/aromatic N) is 2. The summed E-state index contributed by atoms with van der Waals surface area (Å²) in [6.07, 6.45) is 5.07. The Morgan fingerprint density at radius 2 is 2.54 bits per heavy atom. The van der Waals surface area contributed by atoms with E-state index in [9.17, 15) is 0 Å². The first kappa shape index (κ1) is 8.72. The maximum Gasteiger partial charge on any atom is 0.0644 e. The molecule has 0 aromatic carbocycles. The first-order valence-corrected chi connectivity index (χ1v) is 4.74. The number of aromatic nitrogens is 2. The molecule has 0 spiro atoms. The summed E-state index contributed by atoms with van der Waals surface area (Å²) in [7, 11) is 0. The summed E-state index contributed by atoms with van der Waals surface area (Å²) in [5, 5.41) is 13.0. The summed E-state index contributed by atoms with van der Waals surface area (Å²) in [4.78, 5) is 0. The quantitative estimate of drug-likeness (QED) is 0.685. The first-order valence-electron chi connectivity index (χ1n) is 4.74. The van der Waals surface area contributed by atoms with Crippen LogP contribution in [-0.4, -0.2) is 21.5 Å². The lowest BCUT2D eigenvalue weighted by atomic mass is 9.94. The van der Waals surface area contributed by atoms with E-state index in [1.54, 1.807) is 0 Å². The van der Waals surface area contributed by atoms with Crippen LogP contribution in [0.5, 0.6) is 0 Å². The second-order valence-corrected chi connectivity index (χ2v) is 3.49. The molecule has 0 amide bonds. The molecular formula is C9H15N3O. The number of hydrogen-bond acceptors (Lipinski definition) is 3. The second-order valence-electron chi connectivity index (χ2n) is 3.49. The molecule has 1 atom stereocenters. The summed E-state index contributed by atoms with van der Waals surface area (Å²) in [6, 6.07) is 0.149. The number of aliphatic hydroxyl groups is 1. The Morgan fingerprint density at radius 3 is 3.31 bits per heavy atom. The van der Waals surface area contributed by atoms with E-state index in [-0.39, 0.29) is 12.6 Å². The molecule has 0 saturated carbocycles. The third kappa shape index (κ3) is 1.47. The van der Waals surface area contributed by atoms with Crippen LogP contribution in [-0.2, 0) is 13.0 Å². The van der Waals surface area contributed by atoms with Gasteiger partial charge in [0.2, 0.25) is 0 Å². The van der Waals surface area contributed by atoms with Crippen molar-refractivity contribution in [2.45, 2.75) is 31.8 Å². The smallest absolute Gasteiger partial charge is 0.0644 e. The highest BCUT2D eigenvalue weighted by atomic mass is 16.3. The van der Waals surface area contributed by atoms with Crippen molar-refractivity contribution in [3.63, 3.8) is 0 Å². The normalized spacial score (nSPS) is 21.5. The number of hydrogen-bond donors (Lipinski definition) is 2. The number of rotatable bonds is 2. The fraction of sp³-hybridized carbons (Fsp3) is 0.667. The Balaban J connectivity index is 2.30. The molecule has 2 rings (SSSR count). The maximum atomic E-state index is 8.81. The van der Waals surface area contributed by atoms with Crippen LogP contribution in [0.4, 0.5) is 0 Å². The van der Waals surface area contributed by atoms with Crippen molar-refractivity contribution in [1.82, 2.24) is 9.78 Å². The summed E-state index contributed by atoms with van der Waals surface area (Å²) < 4.78 is 1.87. The lowest BCUT2D eigenvalue weighted by Crippen LogP contribution is -2.19. The van der Waals surface area contributed by atoms with E-state index in [0.717, 1.165) is 19.3 Å². The highest BCUT2D eigenvalue weighted by molar-refractivity contribution is 5.24. The highest BCUT2D eigenvalue weighted by Gasteiger charge is 2.20. The molecule has 0 fully saturated rings. The van der Waals surface area contributed by atoms with Crippen molar-refractivity contribution >= 4 is 0 Å². The summed E-state index contributed by atoms with van der Waals surface area (Å²) in [5.74, 6) is 0. The Labute approximate surface area is 77.4 Å². The van der Waals surface area contributed by atoms with Crippen LogP contribution >= 0.6 is 0 Å². The van der Waals surface area contributed by atoms with Crippen molar-refractivity contribution in [3.05, 3.63) is 17.5 Å². The summed E-state index contributed by atoms with van der Waals surface area (Å²) in [6.45, 7) is 0.728. The molecule has 72 valence electrons. The molecular weight excluding hydrogens is 166 g/mol. The molecule has 0 unspecified atom stereocenters. The molecule has 1 aromatic rings. The van der Waals surface area contributed by atoms with Crippen LogP contribution in [0.3, 0.4) is 0 Å². The van der Waals surface area contributed by atoms with Crippen LogP contribution in [0.25, 0.3) is 0 Å². The predicted octanol–water partition coefficient (Wildman–Crippen LogP) is 0.212. The van der Waals surface area contributed by atoms with Crippen molar-refractivity contribution in [2.24, 2.45) is 5.73 Å². The highest BCUT2D eigenvalue weighted by Crippen LogP contribution is 2.27. The van der Waals surface area contributed by atoms with Crippen LogP contribution in [0.15, 0.2) is 6.20 Å². The third-order valence-electron chi connectivity index (χ3n) is 2.62. The van der Waals surface area contributed by atoms with E-state index < -0.39 is 0 Å². The molecule has 1 heterocycles. The van der Waals surface area contributed by atoms with Gasteiger partial charge in [0.15, 0.2) is 0 Å². The van der Waals surface area contributed by atoms with E-state index in [0.29, 0.717) is 6.54 Å².